The molecule has 9 nitrogen and oxygen atoms in total. The summed E-state index contributed by atoms with van der Waals surface area (Å²) in [5, 5.41) is 15.2. The summed E-state index contributed by atoms with van der Waals surface area (Å²) in [6, 6.07) is 11.2. The maximum atomic E-state index is 13.0. The van der Waals surface area contributed by atoms with Crippen molar-refractivity contribution in [1.82, 2.24) is 4.31 Å². The van der Waals surface area contributed by atoms with Gasteiger partial charge in [0, 0.05) is 25.2 Å². The fourth-order valence-corrected chi connectivity index (χ4v) is 4.33. The van der Waals surface area contributed by atoms with E-state index in [1.165, 1.54) is 16.4 Å². The molecule has 0 unspecified atom stereocenters. The van der Waals surface area contributed by atoms with E-state index < -0.39 is 14.9 Å². The Labute approximate surface area is 162 Å². The normalized spacial score (nSPS) is 15.6. The number of hydrogen-bond donors (Lipinski definition) is 1. The topological polar surface area (TPSA) is 114 Å². The fraction of sp³-hybridized carbons (Fsp3) is 0.278. The summed E-state index contributed by atoms with van der Waals surface area (Å²) in [5.74, 6) is 0. The molecular weight excluding hydrogens is 384 g/mol. The van der Waals surface area contributed by atoms with Gasteiger partial charge in [0.1, 0.15) is 4.90 Å². The molecule has 1 fully saturated rings. The van der Waals surface area contributed by atoms with Gasteiger partial charge in [-0.15, -0.1) is 0 Å². The number of nitro groups is 1. The Morgan fingerprint density at radius 1 is 1.21 bits per heavy atom. The third-order valence-electron chi connectivity index (χ3n) is 4.34. The first kappa shape index (κ1) is 19.9. The van der Waals surface area contributed by atoms with Crippen LogP contribution in [0.25, 0.3) is 0 Å². The summed E-state index contributed by atoms with van der Waals surface area (Å²) in [6.45, 7) is 2.88. The molecule has 1 heterocycles. The lowest BCUT2D eigenvalue weighted by Gasteiger charge is -2.26. The lowest BCUT2D eigenvalue weighted by Crippen LogP contribution is -2.40. The van der Waals surface area contributed by atoms with Crippen molar-refractivity contribution in [2.24, 2.45) is 5.10 Å². The number of nitrogens with one attached hydrogen (secondary N) is 1. The Morgan fingerprint density at radius 2 is 1.93 bits per heavy atom. The molecule has 2 aromatic rings. The molecule has 0 saturated carbocycles. The second kappa shape index (κ2) is 8.46. The lowest BCUT2D eigenvalue weighted by molar-refractivity contribution is -0.385. The van der Waals surface area contributed by atoms with Gasteiger partial charge in [0.05, 0.1) is 30.0 Å². The van der Waals surface area contributed by atoms with Crippen molar-refractivity contribution in [2.75, 3.05) is 31.7 Å². The summed E-state index contributed by atoms with van der Waals surface area (Å²) in [5.41, 5.74) is 4.46. The minimum Gasteiger partial charge on any atom is -0.379 e. The summed E-state index contributed by atoms with van der Waals surface area (Å²) in [4.78, 5) is 10.3. The van der Waals surface area contributed by atoms with Gasteiger partial charge in [-0.25, -0.2) is 8.42 Å². The molecule has 10 heteroatoms. The molecule has 28 heavy (non-hydrogen) atoms. The lowest BCUT2D eigenvalue weighted by atomic mass is 10.1. The molecular formula is C18H20N4O5S. The van der Waals surface area contributed by atoms with Crippen molar-refractivity contribution in [2.45, 2.75) is 11.8 Å². The molecule has 0 aromatic heterocycles. The summed E-state index contributed by atoms with van der Waals surface area (Å²) in [7, 11) is -3.94. The van der Waals surface area contributed by atoms with Gasteiger partial charge in [0.15, 0.2) is 0 Å². The van der Waals surface area contributed by atoms with Crippen LogP contribution in [0.1, 0.15) is 11.1 Å². The van der Waals surface area contributed by atoms with E-state index in [4.69, 9.17) is 4.74 Å². The zero-order valence-electron chi connectivity index (χ0n) is 15.2. The smallest absolute Gasteiger partial charge is 0.270 e. The number of sulfonamides is 1. The van der Waals surface area contributed by atoms with Crippen LogP contribution in [0.2, 0.25) is 0 Å². The number of anilines is 1. The molecule has 2 aromatic carbocycles. The van der Waals surface area contributed by atoms with Gasteiger partial charge in [0.2, 0.25) is 10.0 Å². The van der Waals surface area contributed by atoms with E-state index in [-0.39, 0.29) is 42.6 Å². The minimum atomic E-state index is -3.94. The van der Waals surface area contributed by atoms with Crippen LogP contribution in [0.3, 0.4) is 0 Å². The van der Waals surface area contributed by atoms with E-state index in [1.54, 1.807) is 6.21 Å². The molecule has 3 rings (SSSR count). The molecule has 0 atom stereocenters. The van der Waals surface area contributed by atoms with E-state index in [0.717, 1.165) is 17.2 Å². The molecule has 1 saturated heterocycles. The predicted molar refractivity (Wildman–Crippen MR) is 105 cm³/mol. The second-order valence-corrected chi connectivity index (χ2v) is 8.09. The van der Waals surface area contributed by atoms with Crippen LogP contribution in [-0.2, 0) is 14.8 Å². The highest BCUT2D eigenvalue weighted by Gasteiger charge is 2.30. The minimum absolute atomic E-state index is 0.168. The van der Waals surface area contributed by atoms with Gasteiger partial charge in [-0.3, -0.25) is 15.5 Å². The van der Waals surface area contributed by atoms with Crippen molar-refractivity contribution >= 4 is 27.6 Å². The summed E-state index contributed by atoms with van der Waals surface area (Å²) < 4.78 is 32.5. The van der Waals surface area contributed by atoms with E-state index in [2.05, 4.69) is 10.5 Å². The highest BCUT2D eigenvalue weighted by atomic mass is 32.2. The number of hydrogen-bond acceptors (Lipinski definition) is 7. The molecule has 1 aliphatic heterocycles. The van der Waals surface area contributed by atoms with Crippen LogP contribution in [-0.4, -0.2) is 50.2 Å². The molecule has 0 spiro atoms. The highest BCUT2D eigenvalue weighted by molar-refractivity contribution is 7.89. The third-order valence-corrected chi connectivity index (χ3v) is 6.28. The maximum Gasteiger partial charge on any atom is 0.270 e. The largest absolute Gasteiger partial charge is 0.379 e. The Hall–Kier alpha value is -2.82. The van der Waals surface area contributed by atoms with Crippen LogP contribution in [0.4, 0.5) is 11.4 Å². The van der Waals surface area contributed by atoms with Gasteiger partial charge in [-0.1, -0.05) is 24.3 Å². The number of nitro benzene ring substituents is 1. The van der Waals surface area contributed by atoms with Gasteiger partial charge in [0.25, 0.3) is 5.69 Å². The third kappa shape index (κ3) is 4.35. The number of benzene rings is 2. The second-order valence-electron chi connectivity index (χ2n) is 6.18. The van der Waals surface area contributed by atoms with Crippen molar-refractivity contribution < 1.29 is 18.1 Å². The Kier molecular flexibility index (Phi) is 6.02. The van der Waals surface area contributed by atoms with Gasteiger partial charge < -0.3 is 4.74 Å². The first-order chi connectivity index (χ1) is 13.4. The number of aryl methyl sites for hydroxylation is 1. The Balaban J connectivity index is 1.94. The zero-order chi connectivity index (χ0) is 20.1. The molecule has 0 bridgehead atoms. The highest BCUT2D eigenvalue weighted by Crippen LogP contribution is 2.29. The number of ether oxygens (including phenoxy) is 1. The van der Waals surface area contributed by atoms with Gasteiger partial charge in [-0.05, 0) is 24.1 Å². The Morgan fingerprint density at radius 3 is 2.61 bits per heavy atom. The van der Waals surface area contributed by atoms with E-state index in [0.29, 0.717) is 0 Å². The van der Waals surface area contributed by atoms with E-state index >= 15 is 0 Å². The monoisotopic (exact) mass is 404 g/mol. The quantitative estimate of drug-likeness (QED) is 0.449. The molecule has 148 valence electrons. The van der Waals surface area contributed by atoms with E-state index in [1.807, 2.05) is 31.2 Å². The van der Waals surface area contributed by atoms with Crippen LogP contribution in [0, 0.1) is 17.0 Å². The number of nitrogens with zero attached hydrogens (tertiary/aromatic N) is 3. The average Bonchev–Trinajstić information content (AvgIpc) is 2.70. The molecule has 1 N–H and O–H groups in total. The fourth-order valence-electron chi connectivity index (χ4n) is 2.76. The summed E-state index contributed by atoms with van der Waals surface area (Å²) in [6.07, 6.45) is 1.57. The molecule has 1 aliphatic rings. The number of morpholine rings is 1. The number of hydrazone groups is 1. The average molecular weight is 404 g/mol. The maximum absolute atomic E-state index is 13.0. The molecule has 0 aliphatic carbocycles. The SMILES string of the molecule is Cc1ccccc1/C=N/Nc1ccc([N+](=O)[O-])cc1S(=O)(=O)N1CCOCC1. The standard InChI is InChI=1S/C18H20N4O5S/c1-14-4-2-3-5-15(14)13-19-20-17-7-6-16(22(23)24)12-18(17)28(25,26)21-8-10-27-11-9-21/h2-7,12-13,20H,8-11H2,1H3/b19-13+. The van der Waals surface area contributed by atoms with Crippen LogP contribution < -0.4 is 5.43 Å². The Bertz CT molecular complexity index is 1000. The van der Waals surface area contributed by atoms with Crippen molar-refractivity contribution in [1.29, 1.82) is 0 Å². The van der Waals surface area contributed by atoms with Crippen LogP contribution in [0.5, 0.6) is 0 Å². The molecule has 0 radical (unpaired) electrons. The van der Waals surface area contributed by atoms with Crippen molar-refractivity contribution in [3.8, 4) is 0 Å². The van der Waals surface area contributed by atoms with Crippen LogP contribution >= 0.6 is 0 Å². The predicted octanol–water partition coefficient (Wildman–Crippen LogP) is 2.37. The number of rotatable bonds is 6. The van der Waals surface area contributed by atoms with Crippen molar-refractivity contribution in [3.63, 3.8) is 0 Å². The van der Waals surface area contributed by atoms with Crippen molar-refractivity contribution in [3.05, 3.63) is 63.7 Å². The van der Waals surface area contributed by atoms with Gasteiger partial charge in [-0.2, -0.15) is 9.41 Å². The number of non-ortho nitro benzene ring substituents is 1. The molecule has 0 amide bonds. The van der Waals surface area contributed by atoms with Gasteiger partial charge >= 0.3 is 0 Å². The van der Waals surface area contributed by atoms with Crippen LogP contribution in [0.15, 0.2) is 52.5 Å². The van der Waals surface area contributed by atoms with E-state index in [9.17, 15) is 18.5 Å². The summed E-state index contributed by atoms with van der Waals surface area (Å²) >= 11 is 0. The first-order valence-corrected chi connectivity index (χ1v) is 10.0. The first-order valence-electron chi connectivity index (χ1n) is 8.60. The zero-order valence-corrected chi connectivity index (χ0v) is 16.1.